The number of amides is 2. The maximum atomic E-state index is 13.2. The van der Waals surface area contributed by atoms with Crippen molar-refractivity contribution in [1.82, 2.24) is 5.01 Å². The Kier molecular flexibility index (Phi) is 4.52. The summed E-state index contributed by atoms with van der Waals surface area (Å²) in [6.07, 6.45) is 0.519. The highest BCUT2D eigenvalue weighted by Crippen LogP contribution is 2.25. The summed E-state index contributed by atoms with van der Waals surface area (Å²) < 4.78 is 18.5. The quantitative estimate of drug-likeness (QED) is 0.919. The van der Waals surface area contributed by atoms with Crippen molar-refractivity contribution in [2.24, 2.45) is 5.10 Å². The first-order valence-electron chi connectivity index (χ1n) is 6.59. The molecule has 2 amide bonds. The van der Waals surface area contributed by atoms with Gasteiger partial charge in [0.2, 0.25) is 5.91 Å². The van der Waals surface area contributed by atoms with E-state index in [-0.39, 0.29) is 30.2 Å². The number of halogens is 1. The number of nitrogens with one attached hydrogen (secondary N) is 1. The molecule has 1 N–H and O–H groups in total. The lowest BCUT2D eigenvalue weighted by Crippen LogP contribution is -2.34. The molecule has 0 aromatic heterocycles. The summed E-state index contributed by atoms with van der Waals surface area (Å²) in [5, 5.41) is 7.70. The molecule has 1 heterocycles. The summed E-state index contributed by atoms with van der Waals surface area (Å²) in [5.74, 6) is -0.756. The molecule has 0 spiro atoms. The fraction of sp³-hybridized carbons (Fsp3) is 0.357. The lowest BCUT2D eigenvalue weighted by molar-refractivity contribution is -0.130. The predicted octanol–water partition coefficient (Wildman–Crippen LogP) is 1.77. The SMILES string of the molecule is CCOc1cc(F)ccc1NC(=O)C1=NN(C)C(=O)CC1. The van der Waals surface area contributed by atoms with E-state index in [1.165, 1.54) is 25.2 Å². The van der Waals surface area contributed by atoms with Crippen LogP contribution >= 0.6 is 0 Å². The van der Waals surface area contributed by atoms with Gasteiger partial charge < -0.3 is 10.1 Å². The third-order valence-electron chi connectivity index (χ3n) is 2.96. The van der Waals surface area contributed by atoms with Crippen LogP contribution in [0.5, 0.6) is 5.75 Å². The maximum absolute atomic E-state index is 13.2. The second-order valence-corrected chi connectivity index (χ2v) is 4.49. The number of hydrogen-bond donors (Lipinski definition) is 1. The number of hydrogen-bond acceptors (Lipinski definition) is 4. The van der Waals surface area contributed by atoms with Gasteiger partial charge in [0.15, 0.2) is 0 Å². The Hall–Kier alpha value is -2.44. The Bertz CT molecular complexity index is 601. The third kappa shape index (κ3) is 3.56. The molecule has 2 rings (SSSR count). The van der Waals surface area contributed by atoms with Gasteiger partial charge in [-0.2, -0.15) is 5.10 Å². The van der Waals surface area contributed by atoms with Gasteiger partial charge in [-0.15, -0.1) is 0 Å². The molecule has 6 nitrogen and oxygen atoms in total. The van der Waals surface area contributed by atoms with E-state index in [9.17, 15) is 14.0 Å². The highest BCUT2D eigenvalue weighted by Gasteiger charge is 2.22. The first-order chi connectivity index (χ1) is 10.0. The van der Waals surface area contributed by atoms with Crippen molar-refractivity contribution < 1.29 is 18.7 Å². The Balaban J connectivity index is 2.16. The fourth-order valence-corrected chi connectivity index (χ4v) is 1.90. The van der Waals surface area contributed by atoms with Crippen LogP contribution in [0, 0.1) is 5.82 Å². The Morgan fingerprint density at radius 2 is 2.24 bits per heavy atom. The van der Waals surface area contributed by atoms with Gasteiger partial charge in [-0.3, -0.25) is 9.59 Å². The van der Waals surface area contributed by atoms with Crippen LogP contribution in [0.2, 0.25) is 0 Å². The summed E-state index contributed by atoms with van der Waals surface area (Å²) >= 11 is 0. The topological polar surface area (TPSA) is 71.0 Å². The second-order valence-electron chi connectivity index (χ2n) is 4.49. The van der Waals surface area contributed by atoms with E-state index in [0.717, 1.165) is 5.01 Å². The monoisotopic (exact) mass is 293 g/mol. The first kappa shape index (κ1) is 15.0. The fourth-order valence-electron chi connectivity index (χ4n) is 1.90. The molecule has 0 atom stereocenters. The number of rotatable bonds is 4. The smallest absolute Gasteiger partial charge is 0.271 e. The van der Waals surface area contributed by atoms with Crippen LogP contribution in [0.4, 0.5) is 10.1 Å². The highest BCUT2D eigenvalue weighted by atomic mass is 19.1. The molecule has 1 aliphatic rings. The summed E-state index contributed by atoms with van der Waals surface area (Å²) in [7, 11) is 1.50. The third-order valence-corrected chi connectivity index (χ3v) is 2.96. The Morgan fingerprint density at radius 3 is 2.90 bits per heavy atom. The Morgan fingerprint density at radius 1 is 1.48 bits per heavy atom. The molecule has 1 aromatic rings. The number of hydrazone groups is 1. The molecular formula is C14H16FN3O3. The zero-order chi connectivity index (χ0) is 15.4. The Labute approximate surface area is 121 Å². The van der Waals surface area contributed by atoms with Crippen molar-refractivity contribution in [3.05, 3.63) is 24.0 Å². The second kappa shape index (κ2) is 6.34. The minimum absolute atomic E-state index is 0.136. The maximum Gasteiger partial charge on any atom is 0.271 e. The summed E-state index contributed by atoms with van der Waals surface area (Å²) in [6, 6.07) is 3.87. The molecule has 0 aliphatic carbocycles. The molecule has 0 saturated heterocycles. The molecule has 112 valence electrons. The van der Waals surface area contributed by atoms with Crippen molar-refractivity contribution in [2.75, 3.05) is 19.0 Å². The van der Waals surface area contributed by atoms with Gasteiger partial charge in [0.05, 0.1) is 12.3 Å². The van der Waals surface area contributed by atoms with E-state index in [0.29, 0.717) is 12.3 Å². The average Bonchev–Trinajstić information content (AvgIpc) is 2.45. The van der Waals surface area contributed by atoms with Crippen LogP contribution in [0.25, 0.3) is 0 Å². The zero-order valence-corrected chi connectivity index (χ0v) is 11.9. The molecule has 1 aromatic carbocycles. The van der Waals surface area contributed by atoms with Gasteiger partial charge >= 0.3 is 0 Å². The van der Waals surface area contributed by atoms with Gasteiger partial charge in [-0.1, -0.05) is 0 Å². The lowest BCUT2D eigenvalue weighted by atomic mass is 10.1. The van der Waals surface area contributed by atoms with Crippen LogP contribution in [0.3, 0.4) is 0 Å². The van der Waals surface area contributed by atoms with Crippen LogP contribution in [-0.4, -0.2) is 36.2 Å². The van der Waals surface area contributed by atoms with E-state index in [1.54, 1.807) is 6.92 Å². The normalized spacial score (nSPS) is 14.7. The molecule has 0 bridgehead atoms. The number of ether oxygens (including phenoxy) is 1. The van der Waals surface area contributed by atoms with Crippen molar-refractivity contribution in [3.63, 3.8) is 0 Å². The minimum atomic E-state index is -0.447. The molecule has 0 radical (unpaired) electrons. The van der Waals surface area contributed by atoms with Crippen LogP contribution < -0.4 is 10.1 Å². The number of benzene rings is 1. The summed E-state index contributed by atoms with van der Waals surface area (Å²) in [5.41, 5.74) is 0.620. The highest BCUT2D eigenvalue weighted by molar-refractivity contribution is 6.43. The molecular weight excluding hydrogens is 277 g/mol. The predicted molar refractivity (Wildman–Crippen MR) is 75.6 cm³/mol. The molecule has 1 aliphatic heterocycles. The largest absolute Gasteiger partial charge is 0.492 e. The lowest BCUT2D eigenvalue weighted by Gasteiger charge is -2.19. The van der Waals surface area contributed by atoms with E-state index in [2.05, 4.69) is 10.4 Å². The van der Waals surface area contributed by atoms with E-state index in [1.807, 2.05) is 0 Å². The summed E-state index contributed by atoms with van der Waals surface area (Å²) in [6.45, 7) is 2.12. The molecule has 0 saturated carbocycles. The molecule has 21 heavy (non-hydrogen) atoms. The first-order valence-corrected chi connectivity index (χ1v) is 6.59. The van der Waals surface area contributed by atoms with Gasteiger partial charge in [0, 0.05) is 26.0 Å². The van der Waals surface area contributed by atoms with Crippen molar-refractivity contribution in [2.45, 2.75) is 19.8 Å². The van der Waals surface area contributed by atoms with Gasteiger partial charge in [-0.05, 0) is 19.1 Å². The molecule has 0 fully saturated rings. The number of anilines is 1. The number of carbonyl (C=O) groups is 2. The molecule has 0 unspecified atom stereocenters. The van der Waals surface area contributed by atoms with E-state index < -0.39 is 11.7 Å². The minimum Gasteiger partial charge on any atom is -0.492 e. The van der Waals surface area contributed by atoms with Crippen molar-refractivity contribution in [3.8, 4) is 5.75 Å². The number of carbonyl (C=O) groups excluding carboxylic acids is 2. The van der Waals surface area contributed by atoms with Gasteiger partial charge in [0.1, 0.15) is 17.3 Å². The number of nitrogens with zero attached hydrogens (tertiary/aromatic N) is 2. The zero-order valence-electron chi connectivity index (χ0n) is 11.9. The van der Waals surface area contributed by atoms with E-state index in [4.69, 9.17) is 4.74 Å². The van der Waals surface area contributed by atoms with Crippen LogP contribution in [-0.2, 0) is 9.59 Å². The van der Waals surface area contributed by atoms with E-state index >= 15 is 0 Å². The van der Waals surface area contributed by atoms with Crippen molar-refractivity contribution >= 4 is 23.2 Å². The van der Waals surface area contributed by atoms with Crippen LogP contribution in [0.15, 0.2) is 23.3 Å². The van der Waals surface area contributed by atoms with Gasteiger partial charge in [-0.25, -0.2) is 9.40 Å². The summed E-state index contributed by atoms with van der Waals surface area (Å²) in [4.78, 5) is 23.5. The molecule has 7 heteroatoms. The van der Waals surface area contributed by atoms with Crippen LogP contribution in [0.1, 0.15) is 19.8 Å². The standard InChI is InChI=1S/C14H16FN3O3/c1-3-21-12-8-9(15)4-5-10(12)16-14(20)11-6-7-13(19)18(2)17-11/h4-5,8H,3,6-7H2,1-2H3,(H,16,20). The van der Waals surface area contributed by atoms with Crippen molar-refractivity contribution in [1.29, 1.82) is 0 Å². The average molecular weight is 293 g/mol. The van der Waals surface area contributed by atoms with Gasteiger partial charge in [0.25, 0.3) is 5.91 Å².